The summed E-state index contributed by atoms with van der Waals surface area (Å²) in [4.78, 5) is 29.6. The van der Waals surface area contributed by atoms with Crippen molar-refractivity contribution in [3.8, 4) is 0 Å². The van der Waals surface area contributed by atoms with E-state index in [9.17, 15) is 9.59 Å². The number of thioether (sulfide) groups is 1. The number of carbonyl (C=O) groups is 2. The van der Waals surface area contributed by atoms with Gasteiger partial charge >= 0.3 is 0 Å². The molecule has 0 aliphatic heterocycles. The summed E-state index contributed by atoms with van der Waals surface area (Å²) in [5.41, 5.74) is 2.97. The highest BCUT2D eigenvalue weighted by molar-refractivity contribution is 8.00. The molecular weight excluding hydrogens is 499 g/mol. The van der Waals surface area contributed by atoms with Gasteiger partial charge in [0.25, 0.3) is 0 Å². The van der Waals surface area contributed by atoms with Crippen LogP contribution in [0.5, 0.6) is 0 Å². The summed E-state index contributed by atoms with van der Waals surface area (Å²) in [6.45, 7) is 4.84. The van der Waals surface area contributed by atoms with Gasteiger partial charge in [-0.2, -0.15) is 0 Å². The average Bonchev–Trinajstić information content (AvgIpc) is 2.86. The molecule has 0 spiro atoms. The summed E-state index contributed by atoms with van der Waals surface area (Å²) in [5, 5.41) is 3.85. The zero-order valence-corrected chi connectivity index (χ0v) is 22.3. The molecule has 0 aliphatic carbocycles. The third kappa shape index (κ3) is 8.31. The normalized spacial score (nSPS) is 11.7. The third-order valence-electron chi connectivity index (χ3n) is 5.54. The summed E-state index contributed by atoms with van der Waals surface area (Å²) in [6.07, 6.45) is 1.23. The lowest BCUT2D eigenvalue weighted by Crippen LogP contribution is -2.51. The maximum Gasteiger partial charge on any atom is 0.243 e. The molecule has 0 saturated carbocycles. The second-order valence-electron chi connectivity index (χ2n) is 8.37. The third-order valence-corrected chi connectivity index (χ3v) is 7.28. The maximum atomic E-state index is 13.6. The van der Waals surface area contributed by atoms with Crippen molar-refractivity contribution in [3.05, 3.63) is 99.5 Å². The van der Waals surface area contributed by atoms with Gasteiger partial charge in [-0.05, 0) is 48.7 Å². The van der Waals surface area contributed by atoms with Crippen LogP contribution in [0.25, 0.3) is 0 Å². The predicted molar refractivity (Wildman–Crippen MR) is 146 cm³/mol. The number of aryl methyl sites for hydroxylation is 1. The molecule has 3 aromatic rings. The Balaban J connectivity index is 1.90. The first-order valence-electron chi connectivity index (χ1n) is 11.6. The Morgan fingerprint density at radius 3 is 2.31 bits per heavy atom. The van der Waals surface area contributed by atoms with Crippen molar-refractivity contribution in [2.24, 2.45) is 0 Å². The van der Waals surface area contributed by atoms with E-state index in [0.717, 1.165) is 28.0 Å². The topological polar surface area (TPSA) is 49.4 Å². The first-order chi connectivity index (χ1) is 16.9. The molecule has 4 nitrogen and oxygen atoms in total. The zero-order chi connectivity index (χ0) is 25.2. The van der Waals surface area contributed by atoms with Crippen molar-refractivity contribution >= 4 is 46.8 Å². The minimum Gasteiger partial charge on any atom is -0.354 e. The average molecular weight is 530 g/mol. The Labute approximate surface area is 222 Å². The van der Waals surface area contributed by atoms with Gasteiger partial charge in [-0.1, -0.05) is 84.2 Å². The molecule has 0 saturated heterocycles. The van der Waals surface area contributed by atoms with Gasteiger partial charge in [0.05, 0.1) is 15.8 Å². The van der Waals surface area contributed by atoms with E-state index < -0.39 is 6.04 Å². The molecule has 35 heavy (non-hydrogen) atoms. The first-order valence-corrected chi connectivity index (χ1v) is 13.4. The molecule has 0 radical (unpaired) electrons. The summed E-state index contributed by atoms with van der Waals surface area (Å²) in [7, 11) is 0. The van der Waals surface area contributed by atoms with Gasteiger partial charge in [0.1, 0.15) is 6.04 Å². The fraction of sp³-hybridized carbons (Fsp3) is 0.286. The maximum absolute atomic E-state index is 13.6. The number of hydrogen-bond donors (Lipinski definition) is 1. The number of carbonyl (C=O) groups excluding carboxylic acids is 2. The van der Waals surface area contributed by atoms with Gasteiger partial charge < -0.3 is 10.2 Å². The molecule has 3 rings (SSSR count). The number of amides is 2. The lowest BCUT2D eigenvalue weighted by atomic mass is 10.0. The van der Waals surface area contributed by atoms with Crippen LogP contribution in [0, 0.1) is 6.92 Å². The van der Waals surface area contributed by atoms with E-state index in [1.54, 1.807) is 17.0 Å². The molecule has 2 amide bonds. The molecule has 0 heterocycles. The van der Waals surface area contributed by atoms with Crippen molar-refractivity contribution in [3.63, 3.8) is 0 Å². The highest BCUT2D eigenvalue weighted by Gasteiger charge is 2.30. The van der Waals surface area contributed by atoms with E-state index in [1.165, 1.54) is 11.8 Å². The van der Waals surface area contributed by atoms with Gasteiger partial charge in [0.2, 0.25) is 11.8 Å². The Bertz CT molecular complexity index is 1120. The molecule has 7 heteroatoms. The quantitative estimate of drug-likeness (QED) is 0.286. The minimum absolute atomic E-state index is 0.116. The largest absolute Gasteiger partial charge is 0.354 e. The van der Waals surface area contributed by atoms with Gasteiger partial charge in [-0.3, -0.25) is 9.59 Å². The van der Waals surface area contributed by atoms with Crippen LogP contribution in [0.1, 0.15) is 30.0 Å². The Morgan fingerprint density at radius 2 is 1.66 bits per heavy atom. The molecule has 3 aromatic carbocycles. The molecule has 184 valence electrons. The molecular formula is C28H30Cl2N2O2S. The number of nitrogens with zero attached hydrogens (tertiary/aromatic N) is 1. The lowest BCUT2D eigenvalue weighted by molar-refractivity contribution is -0.139. The molecule has 1 atom stereocenters. The molecule has 0 bridgehead atoms. The number of hydrogen-bond acceptors (Lipinski definition) is 3. The van der Waals surface area contributed by atoms with E-state index in [4.69, 9.17) is 23.2 Å². The molecule has 1 N–H and O–H groups in total. The second kappa shape index (κ2) is 13.6. The van der Waals surface area contributed by atoms with Crippen LogP contribution in [0.4, 0.5) is 0 Å². The van der Waals surface area contributed by atoms with Gasteiger partial charge in [-0.15, -0.1) is 11.8 Å². The number of benzene rings is 3. The van der Waals surface area contributed by atoms with Crippen LogP contribution in [0.3, 0.4) is 0 Å². The van der Waals surface area contributed by atoms with Crippen LogP contribution < -0.4 is 5.32 Å². The van der Waals surface area contributed by atoms with Crippen LogP contribution in [-0.2, 0) is 22.6 Å². The lowest BCUT2D eigenvalue weighted by Gasteiger charge is -2.31. The molecule has 0 aromatic heterocycles. The Morgan fingerprint density at radius 1 is 0.943 bits per heavy atom. The van der Waals surface area contributed by atoms with Crippen molar-refractivity contribution < 1.29 is 9.59 Å². The van der Waals surface area contributed by atoms with Gasteiger partial charge in [-0.25, -0.2) is 0 Å². The molecule has 0 unspecified atom stereocenters. The Hall–Kier alpha value is -2.47. The van der Waals surface area contributed by atoms with E-state index in [0.29, 0.717) is 23.0 Å². The van der Waals surface area contributed by atoms with E-state index >= 15 is 0 Å². The van der Waals surface area contributed by atoms with Crippen LogP contribution >= 0.6 is 35.0 Å². The smallest absolute Gasteiger partial charge is 0.243 e. The fourth-order valence-corrected chi connectivity index (χ4v) is 4.72. The van der Waals surface area contributed by atoms with Gasteiger partial charge in [0.15, 0.2) is 0 Å². The van der Waals surface area contributed by atoms with E-state index in [1.807, 2.05) is 74.5 Å². The van der Waals surface area contributed by atoms with Crippen molar-refractivity contribution in [2.45, 2.75) is 44.2 Å². The number of rotatable bonds is 11. The van der Waals surface area contributed by atoms with E-state index in [2.05, 4.69) is 5.32 Å². The summed E-state index contributed by atoms with van der Waals surface area (Å²) in [6, 6.07) is 22.5. The zero-order valence-electron chi connectivity index (χ0n) is 20.0. The number of halogens is 2. The SMILES string of the molecule is CCCNC(=O)[C@H](Cc1ccccc1)N(Cc1ccc(Cl)c(Cl)c1)C(=O)CSc1ccc(C)cc1. The van der Waals surface area contributed by atoms with Crippen molar-refractivity contribution in [1.29, 1.82) is 0 Å². The summed E-state index contributed by atoms with van der Waals surface area (Å²) in [5.74, 6) is -0.0600. The second-order valence-corrected chi connectivity index (χ2v) is 10.2. The first kappa shape index (κ1) is 27.1. The van der Waals surface area contributed by atoms with Gasteiger partial charge in [0, 0.05) is 24.4 Å². The van der Waals surface area contributed by atoms with Crippen LogP contribution in [0.15, 0.2) is 77.7 Å². The Kier molecular flexibility index (Phi) is 10.5. The minimum atomic E-state index is -0.662. The predicted octanol–water partition coefficient (Wildman–Crippen LogP) is 6.56. The standard InChI is InChI=1S/C28H30Cl2N2O2S/c1-3-15-31-28(34)26(17-21-7-5-4-6-8-21)32(18-22-11-14-24(29)25(30)16-22)27(33)19-35-23-12-9-20(2)10-13-23/h4-14,16,26H,3,15,17-19H2,1-2H3,(H,31,34)/t26-/m0/s1. The number of nitrogens with one attached hydrogen (secondary N) is 1. The van der Waals surface area contributed by atoms with Crippen molar-refractivity contribution in [1.82, 2.24) is 10.2 Å². The van der Waals surface area contributed by atoms with Crippen LogP contribution in [-0.4, -0.2) is 35.1 Å². The van der Waals surface area contributed by atoms with E-state index in [-0.39, 0.29) is 24.1 Å². The van der Waals surface area contributed by atoms with Crippen LogP contribution in [0.2, 0.25) is 10.0 Å². The monoisotopic (exact) mass is 528 g/mol. The highest BCUT2D eigenvalue weighted by atomic mass is 35.5. The van der Waals surface area contributed by atoms with Crippen molar-refractivity contribution in [2.75, 3.05) is 12.3 Å². The highest BCUT2D eigenvalue weighted by Crippen LogP contribution is 2.25. The molecule has 0 fully saturated rings. The summed E-state index contributed by atoms with van der Waals surface area (Å²) >= 11 is 13.8. The fourth-order valence-electron chi connectivity index (χ4n) is 3.62. The molecule has 0 aliphatic rings. The summed E-state index contributed by atoms with van der Waals surface area (Å²) < 4.78 is 0.